The molecule has 3 aliphatic rings. The number of likely N-dealkylation sites (N-methyl/N-ethyl adjacent to an activating group) is 1. The number of carbonyl (C=O) groups is 2. The number of fused-ring (bicyclic) bond motifs is 3. The molecule has 7 nitrogen and oxygen atoms in total. The topological polar surface area (TPSA) is 77.8 Å². The SMILES string of the molecule is CN1CCN(C(=O)c2coc3ccc(C(=O)N[C@@H]4C[C@H]5CC[C@@H]4N5)cc23)CC1. The third-order valence-electron chi connectivity index (χ3n) is 6.47. The largest absolute Gasteiger partial charge is 0.463 e. The lowest BCUT2D eigenvalue weighted by Gasteiger charge is -2.32. The monoisotopic (exact) mass is 382 g/mol. The van der Waals surface area contributed by atoms with Gasteiger partial charge in [0.1, 0.15) is 11.8 Å². The van der Waals surface area contributed by atoms with Crippen molar-refractivity contribution in [2.45, 2.75) is 37.4 Å². The summed E-state index contributed by atoms with van der Waals surface area (Å²) in [5, 5.41) is 7.42. The Labute approximate surface area is 164 Å². The van der Waals surface area contributed by atoms with Crippen LogP contribution in [0, 0.1) is 0 Å². The summed E-state index contributed by atoms with van der Waals surface area (Å²) in [5.74, 6) is -0.109. The normalized spacial score (nSPS) is 27.5. The first-order chi connectivity index (χ1) is 13.6. The molecule has 7 heteroatoms. The van der Waals surface area contributed by atoms with Gasteiger partial charge in [-0.3, -0.25) is 9.59 Å². The van der Waals surface area contributed by atoms with Crippen LogP contribution in [0.2, 0.25) is 0 Å². The fourth-order valence-electron chi connectivity index (χ4n) is 4.75. The second-order valence-electron chi connectivity index (χ2n) is 8.32. The molecule has 148 valence electrons. The summed E-state index contributed by atoms with van der Waals surface area (Å²) in [4.78, 5) is 29.8. The Kier molecular flexibility index (Phi) is 4.36. The van der Waals surface area contributed by atoms with Gasteiger partial charge in [-0.2, -0.15) is 0 Å². The molecule has 0 radical (unpaired) electrons. The number of piperazine rings is 1. The number of rotatable bonds is 3. The third kappa shape index (κ3) is 3.08. The van der Waals surface area contributed by atoms with Gasteiger partial charge in [0, 0.05) is 55.3 Å². The van der Waals surface area contributed by atoms with Gasteiger partial charge in [0.05, 0.1) is 5.56 Å². The summed E-state index contributed by atoms with van der Waals surface area (Å²) in [5.41, 5.74) is 1.75. The molecule has 4 heterocycles. The van der Waals surface area contributed by atoms with Gasteiger partial charge in [-0.1, -0.05) is 0 Å². The molecule has 1 aromatic heterocycles. The van der Waals surface area contributed by atoms with Crippen LogP contribution in [0.1, 0.15) is 40.0 Å². The molecular formula is C21H26N4O3. The number of amides is 2. The van der Waals surface area contributed by atoms with E-state index < -0.39 is 0 Å². The van der Waals surface area contributed by atoms with E-state index in [4.69, 9.17) is 4.42 Å². The molecular weight excluding hydrogens is 356 g/mol. The minimum Gasteiger partial charge on any atom is -0.463 e. The number of nitrogens with zero attached hydrogens (tertiary/aromatic N) is 2. The molecule has 2 N–H and O–H groups in total. The maximum atomic E-state index is 13.0. The van der Waals surface area contributed by atoms with E-state index in [1.165, 1.54) is 12.7 Å². The highest BCUT2D eigenvalue weighted by molar-refractivity contribution is 6.08. The van der Waals surface area contributed by atoms with Gasteiger partial charge in [0.15, 0.2) is 0 Å². The lowest BCUT2D eigenvalue weighted by molar-refractivity contribution is 0.0665. The van der Waals surface area contributed by atoms with Crippen molar-refractivity contribution < 1.29 is 14.0 Å². The molecule has 1 aromatic carbocycles. The van der Waals surface area contributed by atoms with E-state index in [9.17, 15) is 9.59 Å². The van der Waals surface area contributed by atoms with Crippen LogP contribution in [-0.2, 0) is 0 Å². The fourth-order valence-corrected chi connectivity index (χ4v) is 4.75. The zero-order valence-electron chi connectivity index (χ0n) is 16.1. The van der Waals surface area contributed by atoms with E-state index in [2.05, 4.69) is 22.6 Å². The van der Waals surface area contributed by atoms with E-state index in [1.54, 1.807) is 18.2 Å². The Bertz CT molecular complexity index is 916. The maximum absolute atomic E-state index is 13.0. The second kappa shape index (κ2) is 6.90. The minimum atomic E-state index is -0.0829. The molecule has 0 aliphatic carbocycles. The van der Waals surface area contributed by atoms with Crippen LogP contribution in [0.3, 0.4) is 0 Å². The third-order valence-corrected chi connectivity index (χ3v) is 6.47. The van der Waals surface area contributed by atoms with Crippen LogP contribution in [0.15, 0.2) is 28.9 Å². The standard InChI is InChI=1S/C21H26N4O3/c1-24-6-8-25(9-7-24)21(27)16-12-28-19-5-2-13(10-15(16)19)20(26)23-18-11-14-3-4-17(18)22-14/h2,5,10,12,14,17-18,22H,3-4,6-9,11H2,1H3,(H,23,26)/t14-,17+,18-/m1/s1. The van der Waals surface area contributed by atoms with Crippen molar-refractivity contribution in [2.75, 3.05) is 33.2 Å². The van der Waals surface area contributed by atoms with Crippen LogP contribution < -0.4 is 10.6 Å². The highest BCUT2D eigenvalue weighted by atomic mass is 16.3. The van der Waals surface area contributed by atoms with Crippen molar-refractivity contribution in [3.8, 4) is 0 Å². The number of hydrogen-bond donors (Lipinski definition) is 2. The molecule has 3 atom stereocenters. The molecule has 2 bridgehead atoms. The molecule has 28 heavy (non-hydrogen) atoms. The average molecular weight is 382 g/mol. The maximum Gasteiger partial charge on any atom is 0.257 e. The fraction of sp³-hybridized carbons (Fsp3) is 0.524. The summed E-state index contributed by atoms with van der Waals surface area (Å²) in [6.07, 6.45) is 4.85. The van der Waals surface area contributed by atoms with Crippen molar-refractivity contribution in [2.24, 2.45) is 0 Å². The van der Waals surface area contributed by atoms with Crippen LogP contribution in [0.4, 0.5) is 0 Å². The van der Waals surface area contributed by atoms with Crippen LogP contribution in [-0.4, -0.2) is 73.0 Å². The van der Waals surface area contributed by atoms with Gasteiger partial charge >= 0.3 is 0 Å². The summed E-state index contributed by atoms with van der Waals surface area (Å²) < 4.78 is 5.59. The Balaban J connectivity index is 1.36. The Morgan fingerprint density at radius 1 is 1.18 bits per heavy atom. The van der Waals surface area contributed by atoms with E-state index >= 15 is 0 Å². The first kappa shape index (κ1) is 17.7. The molecule has 3 aliphatic heterocycles. The Hall–Kier alpha value is -2.38. The highest BCUT2D eigenvalue weighted by Crippen LogP contribution is 2.29. The minimum absolute atomic E-state index is 0.0262. The summed E-state index contributed by atoms with van der Waals surface area (Å²) in [6.45, 7) is 3.15. The number of hydrogen-bond acceptors (Lipinski definition) is 5. The van der Waals surface area contributed by atoms with Crippen molar-refractivity contribution in [3.63, 3.8) is 0 Å². The van der Waals surface area contributed by atoms with E-state index in [1.807, 2.05) is 4.90 Å². The molecule has 3 saturated heterocycles. The summed E-state index contributed by atoms with van der Waals surface area (Å²) in [7, 11) is 2.06. The number of nitrogens with one attached hydrogen (secondary N) is 2. The highest BCUT2D eigenvalue weighted by Gasteiger charge is 2.39. The number of benzene rings is 1. The summed E-state index contributed by atoms with van der Waals surface area (Å²) in [6, 6.07) is 6.46. The molecule has 2 amide bonds. The Morgan fingerprint density at radius 3 is 2.71 bits per heavy atom. The number of furan rings is 1. The summed E-state index contributed by atoms with van der Waals surface area (Å²) >= 11 is 0. The van der Waals surface area contributed by atoms with E-state index in [-0.39, 0.29) is 17.9 Å². The Morgan fingerprint density at radius 2 is 2.00 bits per heavy atom. The number of carbonyl (C=O) groups excluding carboxylic acids is 2. The zero-order valence-corrected chi connectivity index (χ0v) is 16.1. The van der Waals surface area contributed by atoms with Gasteiger partial charge in [-0.15, -0.1) is 0 Å². The molecule has 3 fully saturated rings. The first-order valence-corrected chi connectivity index (χ1v) is 10.1. The zero-order chi connectivity index (χ0) is 19.3. The van der Waals surface area contributed by atoms with Crippen LogP contribution >= 0.6 is 0 Å². The van der Waals surface area contributed by atoms with Crippen molar-refractivity contribution in [1.82, 2.24) is 20.4 Å². The molecule has 0 spiro atoms. The van der Waals surface area contributed by atoms with Gasteiger partial charge in [0.2, 0.25) is 0 Å². The lowest BCUT2D eigenvalue weighted by atomic mass is 9.95. The average Bonchev–Trinajstić information content (AvgIpc) is 3.43. The van der Waals surface area contributed by atoms with Crippen molar-refractivity contribution in [3.05, 3.63) is 35.6 Å². The van der Waals surface area contributed by atoms with Crippen molar-refractivity contribution >= 4 is 22.8 Å². The van der Waals surface area contributed by atoms with Gasteiger partial charge < -0.3 is 24.9 Å². The molecule has 2 aromatic rings. The molecule has 5 rings (SSSR count). The predicted octanol–water partition coefficient (Wildman–Crippen LogP) is 1.44. The lowest BCUT2D eigenvalue weighted by Crippen LogP contribution is -2.47. The molecule has 0 unspecified atom stereocenters. The van der Waals surface area contributed by atoms with Gasteiger partial charge in [0.25, 0.3) is 11.8 Å². The van der Waals surface area contributed by atoms with E-state index in [0.29, 0.717) is 47.3 Å². The van der Waals surface area contributed by atoms with Crippen molar-refractivity contribution in [1.29, 1.82) is 0 Å². The molecule has 0 saturated carbocycles. The predicted molar refractivity (Wildman–Crippen MR) is 105 cm³/mol. The van der Waals surface area contributed by atoms with Gasteiger partial charge in [-0.25, -0.2) is 0 Å². The van der Waals surface area contributed by atoms with E-state index in [0.717, 1.165) is 25.9 Å². The quantitative estimate of drug-likeness (QED) is 0.840. The van der Waals surface area contributed by atoms with Gasteiger partial charge in [-0.05, 0) is 44.5 Å². The first-order valence-electron chi connectivity index (χ1n) is 10.1. The van der Waals surface area contributed by atoms with Crippen LogP contribution in [0.5, 0.6) is 0 Å². The smallest absolute Gasteiger partial charge is 0.257 e. The van der Waals surface area contributed by atoms with Crippen LogP contribution in [0.25, 0.3) is 11.0 Å². The second-order valence-corrected chi connectivity index (χ2v) is 8.32.